The van der Waals surface area contributed by atoms with Gasteiger partial charge in [-0.15, -0.1) is 0 Å². The average Bonchev–Trinajstić information content (AvgIpc) is 3.09. The van der Waals surface area contributed by atoms with Crippen LogP contribution in [-0.2, 0) is 16.2 Å². The summed E-state index contributed by atoms with van der Waals surface area (Å²) in [5, 5.41) is 0.707. The van der Waals surface area contributed by atoms with E-state index in [0.717, 1.165) is 22.2 Å². The second-order valence-electron chi connectivity index (χ2n) is 8.87. The molecular formula is C28H30Cl2N2Ru. The zero-order valence-corrected chi connectivity index (χ0v) is 23.3. The van der Waals surface area contributed by atoms with Gasteiger partial charge in [-0.05, 0) is 0 Å². The SMILES string of the molecule is Cc1cc(C)c(N2CCN(c3c(C)cc(C)cc3C)[C]2=[Ru]=[C](Cl)c2ccccc2Cl)c(C)c1. The third-order valence-corrected chi connectivity index (χ3v) is 9.12. The van der Waals surface area contributed by atoms with Crippen molar-refractivity contribution in [3.8, 4) is 0 Å². The summed E-state index contributed by atoms with van der Waals surface area (Å²) in [4.78, 5) is 5.00. The van der Waals surface area contributed by atoms with E-state index < -0.39 is 16.2 Å². The Hall–Kier alpha value is -1.80. The van der Waals surface area contributed by atoms with Crippen molar-refractivity contribution in [1.82, 2.24) is 0 Å². The number of benzene rings is 3. The minimum absolute atomic E-state index is 0.436. The molecule has 0 amide bonds. The van der Waals surface area contributed by atoms with Crippen molar-refractivity contribution in [2.75, 3.05) is 22.9 Å². The van der Waals surface area contributed by atoms with E-state index in [-0.39, 0.29) is 0 Å². The first kappa shape index (κ1) is 24.3. The van der Waals surface area contributed by atoms with Crippen molar-refractivity contribution in [3.05, 3.63) is 92.5 Å². The summed E-state index contributed by atoms with van der Waals surface area (Å²) < 4.78 is 2.14. The third-order valence-electron chi connectivity index (χ3n) is 6.02. The van der Waals surface area contributed by atoms with Crippen LogP contribution in [0, 0.1) is 41.5 Å². The van der Waals surface area contributed by atoms with E-state index in [4.69, 9.17) is 23.2 Å². The molecule has 1 fully saturated rings. The zero-order valence-electron chi connectivity index (χ0n) is 20.0. The number of aryl methyl sites for hydroxylation is 6. The van der Waals surface area contributed by atoms with E-state index in [2.05, 4.69) is 75.6 Å². The van der Waals surface area contributed by atoms with E-state index in [0.29, 0.717) is 5.02 Å². The van der Waals surface area contributed by atoms with E-state index in [9.17, 15) is 0 Å². The quantitative estimate of drug-likeness (QED) is 0.312. The van der Waals surface area contributed by atoms with Crippen molar-refractivity contribution in [2.24, 2.45) is 0 Å². The van der Waals surface area contributed by atoms with Gasteiger partial charge in [0.05, 0.1) is 0 Å². The Kier molecular flexibility index (Phi) is 7.24. The Morgan fingerprint density at radius 2 is 1.15 bits per heavy atom. The van der Waals surface area contributed by atoms with Crippen LogP contribution in [0.4, 0.5) is 11.4 Å². The Morgan fingerprint density at radius 3 is 1.58 bits per heavy atom. The molecule has 1 saturated heterocycles. The number of hydrogen-bond donors (Lipinski definition) is 0. The van der Waals surface area contributed by atoms with Crippen LogP contribution in [0.3, 0.4) is 0 Å². The standard InChI is InChI=1S/C21H26N2.C7H4Cl2.Ru/c1-14-9-16(3)20(17(4)10-14)22-7-8-23(13-22)21-18(5)11-15(2)12-19(21)6;8-5-6-3-1-2-4-7(6)9;/h9-12H,7-8H2,1-6H3;1-4H;. The van der Waals surface area contributed by atoms with Gasteiger partial charge >= 0.3 is 216 Å². The van der Waals surface area contributed by atoms with E-state index in [1.807, 2.05) is 24.3 Å². The Balaban J connectivity index is 1.97. The second kappa shape index (κ2) is 9.82. The fraction of sp³-hybridized carbons (Fsp3) is 0.286. The van der Waals surface area contributed by atoms with Crippen LogP contribution in [0.15, 0.2) is 48.5 Å². The topological polar surface area (TPSA) is 6.48 Å². The van der Waals surface area contributed by atoms with Gasteiger partial charge in [0, 0.05) is 0 Å². The molecule has 1 heterocycles. The maximum atomic E-state index is 7.00. The maximum absolute atomic E-state index is 7.00. The van der Waals surface area contributed by atoms with E-state index >= 15 is 0 Å². The molecule has 33 heavy (non-hydrogen) atoms. The van der Waals surface area contributed by atoms with Gasteiger partial charge in [0.15, 0.2) is 0 Å². The number of hydrogen-bond acceptors (Lipinski definition) is 2. The first-order valence-electron chi connectivity index (χ1n) is 11.1. The van der Waals surface area contributed by atoms with Gasteiger partial charge in [0.1, 0.15) is 0 Å². The van der Waals surface area contributed by atoms with Crippen LogP contribution in [0.2, 0.25) is 5.02 Å². The molecule has 2 nitrogen and oxygen atoms in total. The van der Waals surface area contributed by atoms with Gasteiger partial charge < -0.3 is 0 Å². The van der Waals surface area contributed by atoms with Crippen LogP contribution < -0.4 is 9.80 Å². The molecule has 0 aromatic heterocycles. The van der Waals surface area contributed by atoms with Gasteiger partial charge in [-0.1, -0.05) is 0 Å². The molecule has 4 rings (SSSR count). The molecule has 0 spiro atoms. The van der Waals surface area contributed by atoms with Gasteiger partial charge in [0.25, 0.3) is 0 Å². The summed E-state index contributed by atoms with van der Waals surface area (Å²) >= 11 is 13.1. The predicted octanol–water partition coefficient (Wildman–Crippen LogP) is 7.10. The van der Waals surface area contributed by atoms with Gasteiger partial charge in [-0.3, -0.25) is 0 Å². The number of rotatable bonds is 3. The molecule has 1 aliphatic rings. The summed E-state index contributed by atoms with van der Waals surface area (Å²) in [6.07, 6.45) is 0. The number of nitrogens with zero attached hydrogens (tertiary/aromatic N) is 2. The molecule has 0 bridgehead atoms. The zero-order chi connectivity index (χ0) is 23.9. The third kappa shape index (κ3) is 4.87. The first-order valence-corrected chi connectivity index (χ1v) is 13.6. The summed E-state index contributed by atoms with van der Waals surface area (Å²) in [5.41, 5.74) is 11.4. The molecule has 3 aromatic carbocycles. The monoisotopic (exact) mass is 566 g/mol. The molecular weight excluding hydrogens is 536 g/mol. The fourth-order valence-electron chi connectivity index (χ4n) is 4.95. The van der Waals surface area contributed by atoms with Crippen LogP contribution in [0.1, 0.15) is 38.9 Å². The summed E-state index contributed by atoms with van der Waals surface area (Å²) in [6.45, 7) is 15.1. The predicted molar refractivity (Wildman–Crippen MR) is 142 cm³/mol. The molecule has 0 unspecified atom stereocenters. The molecule has 1 aliphatic heterocycles. The molecule has 0 aliphatic carbocycles. The van der Waals surface area contributed by atoms with Crippen molar-refractivity contribution in [1.29, 1.82) is 0 Å². The average molecular weight is 567 g/mol. The summed E-state index contributed by atoms with van der Waals surface area (Å²) in [7, 11) is 0. The van der Waals surface area contributed by atoms with Crippen LogP contribution >= 0.6 is 23.2 Å². The van der Waals surface area contributed by atoms with Gasteiger partial charge in [0.2, 0.25) is 0 Å². The molecule has 174 valence electrons. The fourth-order valence-corrected chi connectivity index (χ4v) is 8.07. The first-order chi connectivity index (χ1) is 15.7. The van der Waals surface area contributed by atoms with Crippen molar-refractivity contribution >= 4 is 42.5 Å². The van der Waals surface area contributed by atoms with E-state index in [1.54, 1.807) is 0 Å². The Bertz CT molecular complexity index is 1190. The van der Waals surface area contributed by atoms with Crippen LogP contribution in [0.5, 0.6) is 0 Å². The molecule has 0 N–H and O–H groups in total. The summed E-state index contributed by atoms with van der Waals surface area (Å²) in [6, 6.07) is 17.0. The number of anilines is 2. The second-order valence-corrected chi connectivity index (χ2v) is 12.2. The van der Waals surface area contributed by atoms with Crippen molar-refractivity contribution < 1.29 is 16.2 Å². The molecule has 5 heteroatoms. The Labute approximate surface area is 214 Å². The van der Waals surface area contributed by atoms with E-state index in [1.165, 1.54) is 49.1 Å². The van der Waals surface area contributed by atoms with Gasteiger partial charge in [-0.2, -0.15) is 0 Å². The molecule has 0 saturated carbocycles. The van der Waals surface area contributed by atoms with Crippen LogP contribution in [0.25, 0.3) is 0 Å². The molecule has 0 radical (unpaired) electrons. The molecule has 0 atom stereocenters. The molecule has 3 aromatic rings. The Morgan fingerprint density at radius 1 is 0.727 bits per heavy atom. The van der Waals surface area contributed by atoms with Gasteiger partial charge in [-0.25, -0.2) is 0 Å². The minimum atomic E-state index is -0.436. The van der Waals surface area contributed by atoms with Crippen molar-refractivity contribution in [2.45, 2.75) is 41.5 Å². The van der Waals surface area contributed by atoms with Crippen LogP contribution in [-0.4, -0.2) is 21.0 Å². The summed E-state index contributed by atoms with van der Waals surface area (Å²) in [5.74, 6) is 0. The number of halogens is 2. The van der Waals surface area contributed by atoms with Crippen molar-refractivity contribution in [3.63, 3.8) is 0 Å². The normalized spacial score (nSPS) is 13.8.